The summed E-state index contributed by atoms with van der Waals surface area (Å²) >= 11 is 0. The van der Waals surface area contributed by atoms with Crippen LogP contribution in [0.2, 0.25) is 0 Å². The van der Waals surface area contributed by atoms with Crippen molar-refractivity contribution in [3.05, 3.63) is 42.0 Å². The summed E-state index contributed by atoms with van der Waals surface area (Å²) < 4.78 is 43.8. The van der Waals surface area contributed by atoms with Crippen molar-refractivity contribution in [1.29, 1.82) is 0 Å². The molecule has 0 saturated heterocycles. The van der Waals surface area contributed by atoms with Crippen LogP contribution in [0.25, 0.3) is 0 Å². The van der Waals surface area contributed by atoms with Gasteiger partial charge in [0.2, 0.25) is 0 Å². The fourth-order valence-corrected chi connectivity index (χ4v) is 3.71. The monoisotopic (exact) mass is 349 g/mol. The fraction of sp³-hybridized carbons (Fsp3) is 0.294. The van der Waals surface area contributed by atoms with E-state index in [0.29, 0.717) is 23.8 Å². The van der Waals surface area contributed by atoms with Gasteiger partial charge in [0.15, 0.2) is 0 Å². The first-order valence-electron chi connectivity index (χ1n) is 7.54. The lowest BCUT2D eigenvalue weighted by Crippen LogP contribution is -2.15. The van der Waals surface area contributed by atoms with E-state index in [2.05, 4.69) is 4.72 Å². The minimum absolute atomic E-state index is 0.199. The van der Waals surface area contributed by atoms with Gasteiger partial charge in [-0.25, -0.2) is 8.42 Å². The molecule has 3 rings (SSSR count). The first-order valence-corrected chi connectivity index (χ1v) is 9.02. The van der Waals surface area contributed by atoms with Crippen molar-refractivity contribution >= 4 is 15.7 Å². The largest absolute Gasteiger partial charge is 0.497 e. The number of hydrogen-bond acceptors (Lipinski definition) is 5. The van der Waals surface area contributed by atoms with Crippen LogP contribution in [0.4, 0.5) is 5.69 Å². The average molecular weight is 349 g/mol. The molecular formula is C17H19NO5S. The van der Waals surface area contributed by atoms with Gasteiger partial charge in [-0.3, -0.25) is 4.72 Å². The number of methoxy groups -OCH3 is 2. The molecule has 2 aromatic carbocycles. The summed E-state index contributed by atoms with van der Waals surface area (Å²) in [5.74, 6) is 1.72. The summed E-state index contributed by atoms with van der Waals surface area (Å²) in [7, 11) is -0.715. The van der Waals surface area contributed by atoms with Crippen molar-refractivity contribution in [3.63, 3.8) is 0 Å². The molecule has 2 aromatic rings. The Bertz CT molecular complexity index is 848. The number of ether oxygens (including phenoxy) is 3. The van der Waals surface area contributed by atoms with Crippen LogP contribution >= 0.6 is 0 Å². The van der Waals surface area contributed by atoms with E-state index in [1.165, 1.54) is 14.2 Å². The Morgan fingerprint density at radius 1 is 1.08 bits per heavy atom. The van der Waals surface area contributed by atoms with Gasteiger partial charge in [0.05, 0.1) is 31.4 Å². The van der Waals surface area contributed by atoms with Gasteiger partial charge in [-0.15, -0.1) is 0 Å². The summed E-state index contributed by atoms with van der Waals surface area (Å²) in [6, 6.07) is 9.81. The highest BCUT2D eigenvalue weighted by Gasteiger charge is 2.20. The summed E-state index contributed by atoms with van der Waals surface area (Å²) in [5.41, 5.74) is 1.26. The topological polar surface area (TPSA) is 73.9 Å². The Morgan fingerprint density at radius 3 is 2.67 bits per heavy atom. The second-order valence-corrected chi connectivity index (χ2v) is 7.08. The van der Waals surface area contributed by atoms with E-state index in [4.69, 9.17) is 14.2 Å². The number of aryl methyl sites for hydroxylation is 1. The summed E-state index contributed by atoms with van der Waals surface area (Å²) in [4.78, 5) is 0.199. The molecule has 24 heavy (non-hydrogen) atoms. The van der Waals surface area contributed by atoms with Crippen molar-refractivity contribution in [3.8, 4) is 17.2 Å². The van der Waals surface area contributed by atoms with Crippen LogP contribution in [-0.4, -0.2) is 29.2 Å². The van der Waals surface area contributed by atoms with Crippen molar-refractivity contribution in [2.75, 3.05) is 25.5 Å². The number of benzene rings is 2. The molecule has 7 heteroatoms. The third kappa shape index (κ3) is 3.26. The zero-order valence-corrected chi connectivity index (χ0v) is 14.4. The van der Waals surface area contributed by atoms with Crippen LogP contribution in [0.5, 0.6) is 17.2 Å². The highest BCUT2D eigenvalue weighted by atomic mass is 32.2. The Balaban J connectivity index is 1.91. The van der Waals surface area contributed by atoms with Gasteiger partial charge >= 0.3 is 0 Å². The van der Waals surface area contributed by atoms with E-state index in [1.54, 1.807) is 36.4 Å². The molecular weight excluding hydrogens is 330 g/mol. The summed E-state index contributed by atoms with van der Waals surface area (Å²) in [5, 5.41) is 0. The number of hydrogen-bond donors (Lipinski definition) is 1. The third-order valence-electron chi connectivity index (χ3n) is 3.84. The Labute approximate surface area is 141 Å². The summed E-state index contributed by atoms with van der Waals surface area (Å²) in [6.45, 7) is 0.667. The van der Waals surface area contributed by atoms with E-state index in [1.807, 2.05) is 0 Å². The maximum Gasteiger partial charge on any atom is 0.262 e. The van der Waals surface area contributed by atoms with Crippen LogP contribution in [0.1, 0.15) is 12.0 Å². The number of rotatable bonds is 5. The average Bonchev–Trinajstić information content (AvgIpc) is 2.61. The van der Waals surface area contributed by atoms with Crippen molar-refractivity contribution < 1.29 is 22.6 Å². The van der Waals surface area contributed by atoms with E-state index in [-0.39, 0.29) is 4.90 Å². The number of fused-ring (bicyclic) bond motifs is 1. The molecule has 0 unspecified atom stereocenters. The van der Waals surface area contributed by atoms with E-state index in [0.717, 1.165) is 24.2 Å². The standard InChI is InChI=1S/C17H19NO5S/c1-21-13-5-7-15(17(11-13)22-2)18-24(19,20)14-6-8-16-12(10-14)4-3-9-23-16/h5-8,10-11,18H,3-4,9H2,1-2H3. The van der Waals surface area contributed by atoms with Crippen LogP contribution in [0, 0.1) is 0 Å². The van der Waals surface area contributed by atoms with Gasteiger partial charge in [-0.1, -0.05) is 0 Å². The normalized spacial score (nSPS) is 13.6. The molecule has 1 aliphatic rings. The first-order chi connectivity index (χ1) is 11.5. The lowest BCUT2D eigenvalue weighted by Gasteiger charge is -2.18. The van der Waals surface area contributed by atoms with E-state index < -0.39 is 10.0 Å². The molecule has 1 N–H and O–H groups in total. The molecule has 0 radical (unpaired) electrons. The Hall–Kier alpha value is -2.41. The number of nitrogens with one attached hydrogen (secondary N) is 1. The lowest BCUT2D eigenvalue weighted by molar-refractivity contribution is 0.288. The highest BCUT2D eigenvalue weighted by Crippen LogP contribution is 2.32. The minimum atomic E-state index is -3.73. The van der Waals surface area contributed by atoms with Gasteiger partial charge < -0.3 is 14.2 Å². The SMILES string of the molecule is COc1ccc(NS(=O)(=O)c2ccc3c(c2)CCCO3)c(OC)c1. The molecule has 0 aliphatic carbocycles. The second kappa shape index (κ2) is 6.60. The smallest absolute Gasteiger partial charge is 0.262 e. The van der Waals surface area contributed by atoms with Crippen molar-refractivity contribution in [1.82, 2.24) is 0 Å². The molecule has 0 aromatic heterocycles. The van der Waals surface area contributed by atoms with E-state index in [9.17, 15) is 8.42 Å². The maximum atomic E-state index is 12.7. The van der Waals surface area contributed by atoms with Crippen LogP contribution in [-0.2, 0) is 16.4 Å². The van der Waals surface area contributed by atoms with Crippen molar-refractivity contribution in [2.24, 2.45) is 0 Å². The first kappa shape index (κ1) is 16.4. The predicted octanol–water partition coefficient (Wildman–Crippen LogP) is 2.83. The molecule has 0 amide bonds. The van der Waals surface area contributed by atoms with Gasteiger partial charge in [-0.05, 0) is 48.7 Å². The zero-order chi connectivity index (χ0) is 17.2. The minimum Gasteiger partial charge on any atom is -0.497 e. The molecule has 0 saturated carbocycles. The Morgan fingerprint density at radius 2 is 1.92 bits per heavy atom. The van der Waals surface area contributed by atoms with Crippen LogP contribution in [0.3, 0.4) is 0 Å². The maximum absolute atomic E-state index is 12.7. The molecule has 0 fully saturated rings. The van der Waals surface area contributed by atoms with Crippen LogP contribution in [0.15, 0.2) is 41.3 Å². The fourth-order valence-electron chi connectivity index (χ4n) is 2.59. The molecule has 0 atom stereocenters. The predicted molar refractivity (Wildman–Crippen MR) is 90.6 cm³/mol. The zero-order valence-electron chi connectivity index (χ0n) is 13.5. The second-order valence-electron chi connectivity index (χ2n) is 5.39. The molecule has 1 heterocycles. The third-order valence-corrected chi connectivity index (χ3v) is 5.21. The Kier molecular flexibility index (Phi) is 4.53. The summed E-state index contributed by atoms with van der Waals surface area (Å²) in [6.07, 6.45) is 1.70. The van der Waals surface area contributed by atoms with E-state index >= 15 is 0 Å². The highest BCUT2D eigenvalue weighted by molar-refractivity contribution is 7.92. The molecule has 6 nitrogen and oxygen atoms in total. The van der Waals surface area contributed by atoms with Gasteiger partial charge in [-0.2, -0.15) is 0 Å². The van der Waals surface area contributed by atoms with Crippen molar-refractivity contribution in [2.45, 2.75) is 17.7 Å². The quantitative estimate of drug-likeness (QED) is 0.898. The molecule has 1 aliphatic heterocycles. The lowest BCUT2D eigenvalue weighted by atomic mass is 10.1. The van der Waals surface area contributed by atoms with Gasteiger partial charge in [0, 0.05) is 6.07 Å². The molecule has 0 spiro atoms. The molecule has 0 bridgehead atoms. The molecule has 128 valence electrons. The van der Waals surface area contributed by atoms with Gasteiger partial charge in [0.1, 0.15) is 17.2 Å². The number of anilines is 1. The van der Waals surface area contributed by atoms with Gasteiger partial charge in [0.25, 0.3) is 10.0 Å². The van der Waals surface area contributed by atoms with Crippen LogP contribution < -0.4 is 18.9 Å². The number of sulfonamides is 1.